The van der Waals surface area contributed by atoms with Crippen LogP contribution in [-0.2, 0) is 22.4 Å². The van der Waals surface area contributed by atoms with Gasteiger partial charge in [0.15, 0.2) is 17.6 Å². The van der Waals surface area contributed by atoms with Crippen LogP contribution >= 0.6 is 0 Å². The first-order chi connectivity index (χ1) is 17.5. The minimum Gasteiger partial charge on any atom is -0.370 e. The van der Waals surface area contributed by atoms with Gasteiger partial charge in [0, 0.05) is 24.9 Å². The van der Waals surface area contributed by atoms with E-state index < -0.39 is 35.5 Å². The number of amides is 3. The molecule has 0 saturated carbocycles. The number of aliphatic imine (C=N–C) groups is 2. The van der Waals surface area contributed by atoms with Gasteiger partial charge in [0.05, 0.1) is 12.6 Å². The SMILES string of the molecule is CCc1cccc(C(=O)NC2CN3C(N)=N[C@@H](CN4C(=O)CCC4=O)[C@@H]4N=C(N)N[C@@]43C2(O)O)c1CC. The van der Waals surface area contributed by atoms with Gasteiger partial charge in [0.1, 0.15) is 12.1 Å². The number of hydrogen-bond donors (Lipinski definition) is 6. The van der Waals surface area contributed by atoms with Crippen molar-refractivity contribution in [3.8, 4) is 0 Å². The molecule has 198 valence electrons. The molecule has 37 heavy (non-hydrogen) atoms. The van der Waals surface area contributed by atoms with Gasteiger partial charge < -0.3 is 37.2 Å². The van der Waals surface area contributed by atoms with Gasteiger partial charge in [-0.2, -0.15) is 0 Å². The molecule has 13 heteroatoms. The molecule has 1 aromatic carbocycles. The van der Waals surface area contributed by atoms with E-state index in [1.54, 1.807) is 12.1 Å². The zero-order valence-electron chi connectivity index (χ0n) is 20.8. The summed E-state index contributed by atoms with van der Waals surface area (Å²) in [5, 5.41) is 28.8. The maximum absolute atomic E-state index is 13.4. The molecule has 3 amide bonds. The van der Waals surface area contributed by atoms with Gasteiger partial charge in [-0.1, -0.05) is 26.0 Å². The summed E-state index contributed by atoms with van der Waals surface area (Å²) in [4.78, 5) is 49.2. The van der Waals surface area contributed by atoms with E-state index in [0.29, 0.717) is 12.0 Å². The lowest BCUT2D eigenvalue weighted by atomic mass is 9.84. The normalized spacial score (nSPS) is 30.0. The smallest absolute Gasteiger partial charge is 0.252 e. The van der Waals surface area contributed by atoms with E-state index in [9.17, 15) is 24.6 Å². The predicted molar refractivity (Wildman–Crippen MR) is 133 cm³/mol. The van der Waals surface area contributed by atoms with E-state index in [2.05, 4.69) is 20.6 Å². The summed E-state index contributed by atoms with van der Waals surface area (Å²) in [6, 6.07) is 2.39. The van der Waals surface area contributed by atoms with Crippen LogP contribution in [0.15, 0.2) is 28.2 Å². The Labute approximate surface area is 213 Å². The molecular formula is C24H32N8O5. The van der Waals surface area contributed by atoms with E-state index in [0.717, 1.165) is 22.4 Å². The molecule has 2 saturated heterocycles. The Morgan fingerprint density at radius 2 is 1.86 bits per heavy atom. The minimum atomic E-state index is -2.61. The number of nitrogens with zero attached hydrogens (tertiary/aromatic N) is 4. The Morgan fingerprint density at radius 1 is 1.16 bits per heavy atom. The highest BCUT2D eigenvalue weighted by molar-refractivity contribution is 6.02. The Hall–Kier alpha value is -3.71. The summed E-state index contributed by atoms with van der Waals surface area (Å²) in [7, 11) is 0. The molecule has 0 aromatic heterocycles. The van der Waals surface area contributed by atoms with Gasteiger partial charge in [-0.05, 0) is 30.0 Å². The number of nitrogens with two attached hydrogens (primary N) is 2. The molecule has 4 atom stereocenters. The van der Waals surface area contributed by atoms with Crippen LogP contribution in [0.1, 0.15) is 48.2 Å². The monoisotopic (exact) mass is 512 g/mol. The van der Waals surface area contributed by atoms with Crippen LogP contribution in [0.5, 0.6) is 0 Å². The van der Waals surface area contributed by atoms with Crippen LogP contribution in [0.25, 0.3) is 0 Å². The Bertz CT molecular complexity index is 1210. The molecule has 2 fully saturated rings. The topological polar surface area (TPSA) is 199 Å². The number of nitrogens with one attached hydrogen (secondary N) is 2. The number of carbonyl (C=O) groups is 3. The summed E-state index contributed by atoms with van der Waals surface area (Å²) in [5.74, 6) is -3.86. The van der Waals surface area contributed by atoms with Crippen molar-refractivity contribution in [1.29, 1.82) is 0 Å². The van der Waals surface area contributed by atoms with E-state index in [4.69, 9.17) is 11.5 Å². The van der Waals surface area contributed by atoms with Crippen LogP contribution in [0.3, 0.4) is 0 Å². The van der Waals surface area contributed by atoms with Crippen molar-refractivity contribution in [3.63, 3.8) is 0 Å². The molecule has 1 unspecified atom stereocenters. The lowest BCUT2D eigenvalue weighted by molar-refractivity contribution is -0.230. The fourth-order valence-electron chi connectivity index (χ4n) is 6.08. The van der Waals surface area contributed by atoms with Gasteiger partial charge in [-0.25, -0.2) is 9.98 Å². The van der Waals surface area contributed by atoms with Gasteiger partial charge in [-0.3, -0.25) is 19.3 Å². The van der Waals surface area contributed by atoms with Crippen molar-refractivity contribution in [3.05, 3.63) is 34.9 Å². The molecule has 0 bridgehead atoms. The number of imide groups is 1. The van der Waals surface area contributed by atoms with Crippen LogP contribution in [-0.4, -0.2) is 92.3 Å². The molecular weight excluding hydrogens is 480 g/mol. The molecule has 0 radical (unpaired) electrons. The molecule has 8 N–H and O–H groups in total. The van der Waals surface area contributed by atoms with E-state index >= 15 is 0 Å². The zero-order chi connectivity index (χ0) is 26.7. The van der Waals surface area contributed by atoms with E-state index in [1.165, 1.54) is 4.90 Å². The third kappa shape index (κ3) is 3.55. The first kappa shape index (κ1) is 25.0. The van der Waals surface area contributed by atoms with E-state index in [-0.39, 0.29) is 49.7 Å². The number of aliphatic hydroxyl groups is 2. The van der Waals surface area contributed by atoms with Crippen LogP contribution in [0.2, 0.25) is 0 Å². The number of hydrogen-bond acceptors (Lipinski definition) is 11. The Kier molecular flexibility index (Phi) is 5.87. The fourth-order valence-corrected chi connectivity index (χ4v) is 6.08. The first-order valence-electron chi connectivity index (χ1n) is 12.5. The summed E-state index contributed by atoms with van der Waals surface area (Å²) in [5.41, 5.74) is 12.9. The summed E-state index contributed by atoms with van der Waals surface area (Å²) >= 11 is 0. The number of rotatable bonds is 6. The lowest BCUT2D eigenvalue weighted by Crippen LogP contribution is -2.78. The van der Waals surface area contributed by atoms with Crippen molar-refractivity contribution in [1.82, 2.24) is 20.4 Å². The number of likely N-dealkylation sites (tertiary alicyclic amines) is 1. The standard InChI is InChI=1S/C24H32N8O5/c1-3-12-6-5-7-14(13(12)4-2)20(35)28-16-11-32-22(26)27-15(10-31-17(33)8-9-18(31)34)19-23(32,24(16,36)37)30-21(25)29-19/h5-7,15-16,19,36-37H,3-4,8-11H2,1-2H3,(H2,26,27)(H,28,35)(H3,25,29,30)/t15-,16?,19-,23-/m0/s1. The van der Waals surface area contributed by atoms with Crippen LogP contribution in [0.4, 0.5) is 0 Å². The average Bonchev–Trinajstić information content (AvgIpc) is 3.46. The molecule has 4 heterocycles. The second-order valence-corrected chi connectivity index (χ2v) is 9.82. The highest BCUT2D eigenvalue weighted by Gasteiger charge is 2.73. The molecule has 0 aliphatic carbocycles. The average molecular weight is 513 g/mol. The Balaban J connectivity index is 1.47. The minimum absolute atomic E-state index is 0.0517. The van der Waals surface area contributed by atoms with Crippen molar-refractivity contribution >= 4 is 29.6 Å². The fraction of sp³-hybridized carbons (Fsp3) is 0.542. The van der Waals surface area contributed by atoms with Crippen molar-refractivity contribution < 1.29 is 24.6 Å². The third-order valence-electron chi connectivity index (χ3n) is 7.88. The summed E-state index contributed by atoms with van der Waals surface area (Å²) in [6.07, 6.45) is 1.61. The second-order valence-electron chi connectivity index (χ2n) is 9.82. The highest BCUT2D eigenvalue weighted by Crippen LogP contribution is 2.45. The Morgan fingerprint density at radius 3 is 2.51 bits per heavy atom. The third-order valence-corrected chi connectivity index (χ3v) is 7.88. The molecule has 5 rings (SSSR count). The second kappa shape index (κ2) is 8.70. The van der Waals surface area contributed by atoms with Gasteiger partial charge in [-0.15, -0.1) is 0 Å². The van der Waals surface area contributed by atoms with Gasteiger partial charge >= 0.3 is 0 Å². The summed E-state index contributed by atoms with van der Waals surface area (Å²) < 4.78 is 0. The van der Waals surface area contributed by atoms with Gasteiger partial charge in [0.2, 0.25) is 17.6 Å². The molecule has 1 spiro atoms. The molecule has 4 aliphatic heterocycles. The number of benzene rings is 1. The largest absolute Gasteiger partial charge is 0.370 e. The highest BCUT2D eigenvalue weighted by atomic mass is 16.5. The van der Waals surface area contributed by atoms with Gasteiger partial charge in [0.25, 0.3) is 5.91 Å². The maximum Gasteiger partial charge on any atom is 0.252 e. The quantitative estimate of drug-likeness (QED) is 0.180. The molecule has 13 nitrogen and oxygen atoms in total. The molecule has 1 aromatic rings. The maximum atomic E-state index is 13.4. The van der Waals surface area contributed by atoms with Crippen molar-refractivity contribution in [2.45, 2.75) is 69.1 Å². The van der Waals surface area contributed by atoms with Crippen LogP contribution in [0, 0.1) is 0 Å². The predicted octanol–water partition coefficient (Wildman–Crippen LogP) is -2.26. The number of carbonyl (C=O) groups excluding carboxylic acids is 3. The van der Waals surface area contributed by atoms with Crippen LogP contribution < -0.4 is 22.1 Å². The lowest BCUT2D eigenvalue weighted by Gasteiger charge is -2.49. The molecule has 4 aliphatic rings. The number of guanidine groups is 2. The summed E-state index contributed by atoms with van der Waals surface area (Å²) in [6.45, 7) is 3.75. The van der Waals surface area contributed by atoms with Crippen molar-refractivity contribution in [2.24, 2.45) is 21.5 Å². The number of aryl methyl sites for hydroxylation is 1. The zero-order valence-corrected chi connectivity index (χ0v) is 20.8. The van der Waals surface area contributed by atoms with E-state index in [1.807, 2.05) is 19.9 Å². The van der Waals surface area contributed by atoms with Crippen molar-refractivity contribution in [2.75, 3.05) is 13.1 Å². The first-order valence-corrected chi connectivity index (χ1v) is 12.5.